The fourth-order valence-corrected chi connectivity index (χ4v) is 6.18. The van der Waals surface area contributed by atoms with Crippen LogP contribution in [0.25, 0.3) is 0 Å². The Morgan fingerprint density at radius 1 is 0.558 bits per heavy atom. The summed E-state index contributed by atoms with van der Waals surface area (Å²) in [6, 6.07) is -0.727. The van der Waals surface area contributed by atoms with Gasteiger partial charge in [0.05, 0.1) is 40.3 Å². The average molecular weight is 736 g/mol. The summed E-state index contributed by atoms with van der Waals surface area (Å²) in [5.41, 5.74) is 0. The average Bonchev–Trinajstić information content (AvgIpc) is 3.09. The van der Waals surface area contributed by atoms with Crippen molar-refractivity contribution in [2.45, 2.75) is 199 Å². The highest BCUT2D eigenvalue weighted by Crippen LogP contribution is 2.13. The van der Waals surface area contributed by atoms with Gasteiger partial charge in [0.2, 0.25) is 0 Å². The van der Waals surface area contributed by atoms with Crippen LogP contribution in [0.5, 0.6) is 0 Å². The van der Waals surface area contributed by atoms with E-state index >= 15 is 0 Å². The second kappa shape index (κ2) is 35.8. The number of hydrogen-bond donors (Lipinski definition) is 0. The number of rotatable bonds is 38. The van der Waals surface area contributed by atoms with E-state index in [9.17, 15) is 19.5 Å². The van der Waals surface area contributed by atoms with Crippen LogP contribution in [0.1, 0.15) is 187 Å². The number of allylic oxidation sites excluding steroid dienone is 4. The maximum atomic E-state index is 12.7. The van der Waals surface area contributed by atoms with Crippen LogP contribution >= 0.6 is 0 Å². The zero-order chi connectivity index (χ0) is 38.5. The van der Waals surface area contributed by atoms with Gasteiger partial charge in [0, 0.05) is 19.3 Å². The fraction of sp³-hybridized carbons (Fsp3) is 0.841. The van der Waals surface area contributed by atoms with Crippen molar-refractivity contribution in [2.75, 3.05) is 41.0 Å². The van der Waals surface area contributed by atoms with Gasteiger partial charge in [-0.2, -0.15) is 0 Å². The van der Waals surface area contributed by atoms with Gasteiger partial charge in [-0.25, -0.2) is 0 Å². The van der Waals surface area contributed by atoms with Crippen LogP contribution in [0.2, 0.25) is 0 Å². The van der Waals surface area contributed by atoms with Crippen molar-refractivity contribution < 1.29 is 38.2 Å². The predicted octanol–water partition coefficient (Wildman–Crippen LogP) is 9.97. The third kappa shape index (κ3) is 33.6. The molecule has 0 spiro atoms. The number of nitrogens with zero attached hydrogens (tertiary/aromatic N) is 1. The van der Waals surface area contributed by atoms with E-state index < -0.39 is 18.1 Å². The second-order valence-electron chi connectivity index (χ2n) is 15.6. The van der Waals surface area contributed by atoms with Gasteiger partial charge in [-0.15, -0.1) is 0 Å². The van der Waals surface area contributed by atoms with E-state index in [1.807, 2.05) is 0 Å². The maximum absolute atomic E-state index is 12.7. The number of aliphatic carboxylic acids is 1. The second-order valence-corrected chi connectivity index (χ2v) is 15.6. The summed E-state index contributed by atoms with van der Waals surface area (Å²) in [5, 5.41) is 11.6. The SMILES string of the molecule is CCCCCCCCC/C=C/CCCCCC(=O)OCC(COCCC(C(=O)[O-])[N+](C)(C)C)OC(=O)CCCCC/C=C/CCCCCCCCC. The minimum atomic E-state index is -1.13. The van der Waals surface area contributed by atoms with Crippen LogP contribution in [0.15, 0.2) is 24.3 Å². The van der Waals surface area contributed by atoms with Gasteiger partial charge in [0.15, 0.2) is 6.10 Å². The molecule has 0 radical (unpaired) electrons. The standard InChI is InChI=1S/C44H81NO7/c1-6-8-10-12-14-16-18-20-22-24-26-28-30-32-34-42(46)51-39-40(38-50-37-36-41(44(48)49)45(3,4)5)52-43(47)35-33-31-29-27-25-23-21-19-17-15-13-11-9-7-2/h22-25,40-41H,6-21,26-39H2,1-5H3/b24-22+,25-23+. The number of carboxylic acids is 1. The van der Waals surface area contributed by atoms with Gasteiger partial charge >= 0.3 is 11.9 Å². The molecule has 0 heterocycles. The first-order valence-electron chi connectivity index (χ1n) is 21.4. The molecule has 2 unspecified atom stereocenters. The van der Waals surface area contributed by atoms with E-state index in [1.54, 1.807) is 21.1 Å². The van der Waals surface area contributed by atoms with Crippen molar-refractivity contribution in [3.8, 4) is 0 Å². The third-order valence-corrected chi connectivity index (χ3v) is 9.56. The number of carbonyl (C=O) groups is 3. The zero-order valence-electron chi connectivity index (χ0n) is 34.5. The minimum Gasteiger partial charge on any atom is -0.544 e. The molecule has 8 heteroatoms. The van der Waals surface area contributed by atoms with Crippen molar-refractivity contribution in [1.82, 2.24) is 0 Å². The van der Waals surface area contributed by atoms with Crippen molar-refractivity contribution in [2.24, 2.45) is 0 Å². The molecule has 0 aromatic rings. The first-order valence-corrected chi connectivity index (χ1v) is 21.4. The van der Waals surface area contributed by atoms with Crippen molar-refractivity contribution in [1.29, 1.82) is 0 Å². The van der Waals surface area contributed by atoms with Gasteiger partial charge in [0.1, 0.15) is 12.6 Å². The molecule has 8 nitrogen and oxygen atoms in total. The quantitative estimate of drug-likeness (QED) is 0.0269. The molecule has 0 amide bonds. The molecule has 0 saturated heterocycles. The summed E-state index contributed by atoms with van der Waals surface area (Å²) in [6.45, 7) is 4.62. The molecule has 0 bridgehead atoms. The topological polar surface area (TPSA) is 102 Å². The minimum absolute atomic E-state index is 0.0324. The summed E-state index contributed by atoms with van der Waals surface area (Å²) in [5.74, 6) is -1.77. The Labute approximate surface area is 320 Å². The van der Waals surface area contributed by atoms with E-state index in [4.69, 9.17) is 14.2 Å². The van der Waals surface area contributed by atoms with Gasteiger partial charge in [-0.05, 0) is 64.2 Å². The number of likely N-dealkylation sites (N-methyl/N-ethyl adjacent to an activating group) is 1. The largest absolute Gasteiger partial charge is 0.544 e. The number of quaternary nitrogens is 1. The van der Waals surface area contributed by atoms with Crippen LogP contribution in [0, 0.1) is 0 Å². The highest BCUT2D eigenvalue weighted by atomic mass is 16.6. The normalized spacial score (nSPS) is 13.2. The lowest BCUT2D eigenvalue weighted by Gasteiger charge is -2.34. The Bertz CT molecular complexity index is 911. The molecule has 0 fully saturated rings. The Hall–Kier alpha value is -2.19. The number of unbranched alkanes of at least 4 members (excludes halogenated alkanes) is 20. The first-order chi connectivity index (χ1) is 25.1. The summed E-state index contributed by atoms with van der Waals surface area (Å²) < 4.78 is 17.1. The Balaban J connectivity index is 4.41. The summed E-state index contributed by atoms with van der Waals surface area (Å²) >= 11 is 0. The lowest BCUT2D eigenvalue weighted by atomic mass is 10.1. The van der Waals surface area contributed by atoms with Crippen molar-refractivity contribution in [3.05, 3.63) is 24.3 Å². The summed E-state index contributed by atoms with van der Waals surface area (Å²) in [4.78, 5) is 36.7. The number of carboxylic acid groups (broad SMARTS) is 1. The molecule has 304 valence electrons. The molecule has 0 aliphatic rings. The Morgan fingerprint density at radius 2 is 0.962 bits per heavy atom. The lowest BCUT2D eigenvalue weighted by Crippen LogP contribution is -2.55. The summed E-state index contributed by atoms with van der Waals surface area (Å²) in [7, 11) is 5.40. The molecule has 0 aromatic carbocycles. The number of hydrogen-bond acceptors (Lipinski definition) is 7. The van der Waals surface area contributed by atoms with Crippen LogP contribution in [0.4, 0.5) is 0 Å². The molecule has 0 aliphatic carbocycles. The van der Waals surface area contributed by atoms with Gasteiger partial charge in [-0.1, -0.05) is 128 Å². The van der Waals surface area contributed by atoms with E-state index in [0.717, 1.165) is 64.2 Å². The number of esters is 2. The molecule has 2 atom stereocenters. The molecular weight excluding hydrogens is 654 g/mol. The van der Waals surface area contributed by atoms with E-state index in [-0.39, 0.29) is 42.7 Å². The maximum Gasteiger partial charge on any atom is 0.306 e. The number of carbonyl (C=O) groups excluding carboxylic acids is 3. The van der Waals surface area contributed by atoms with Gasteiger partial charge in [0.25, 0.3) is 0 Å². The van der Waals surface area contributed by atoms with Crippen LogP contribution in [0.3, 0.4) is 0 Å². The molecule has 0 aromatic heterocycles. The van der Waals surface area contributed by atoms with Crippen LogP contribution in [-0.4, -0.2) is 75.5 Å². The highest BCUT2D eigenvalue weighted by molar-refractivity contribution is 5.70. The lowest BCUT2D eigenvalue weighted by molar-refractivity contribution is -0.889. The Morgan fingerprint density at radius 3 is 1.38 bits per heavy atom. The van der Waals surface area contributed by atoms with E-state index in [1.165, 1.54) is 89.9 Å². The third-order valence-electron chi connectivity index (χ3n) is 9.56. The molecule has 0 aliphatic heterocycles. The van der Waals surface area contributed by atoms with Crippen LogP contribution in [-0.2, 0) is 28.6 Å². The van der Waals surface area contributed by atoms with E-state index in [0.29, 0.717) is 12.8 Å². The zero-order valence-corrected chi connectivity index (χ0v) is 34.5. The van der Waals surface area contributed by atoms with Crippen LogP contribution < -0.4 is 5.11 Å². The fourth-order valence-electron chi connectivity index (χ4n) is 6.18. The summed E-state index contributed by atoms with van der Waals surface area (Å²) in [6.07, 6.45) is 37.7. The van der Waals surface area contributed by atoms with Gasteiger partial charge in [-0.3, -0.25) is 9.59 Å². The monoisotopic (exact) mass is 736 g/mol. The van der Waals surface area contributed by atoms with Crippen molar-refractivity contribution >= 4 is 17.9 Å². The first kappa shape index (κ1) is 49.8. The molecule has 52 heavy (non-hydrogen) atoms. The molecular formula is C44H81NO7. The predicted molar refractivity (Wildman–Crippen MR) is 213 cm³/mol. The molecule has 0 rings (SSSR count). The van der Waals surface area contributed by atoms with Gasteiger partial charge < -0.3 is 28.6 Å². The smallest absolute Gasteiger partial charge is 0.306 e. The number of ether oxygens (including phenoxy) is 3. The van der Waals surface area contributed by atoms with E-state index in [2.05, 4.69) is 38.2 Å². The Kier molecular flexibility index (Phi) is 34.3. The highest BCUT2D eigenvalue weighted by Gasteiger charge is 2.25. The molecule has 0 saturated carbocycles. The van der Waals surface area contributed by atoms with Crippen molar-refractivity contribution in [3.63, 3.8) is 0 Å². The molecule has 0 N–H and O–H groups in total.